The van der Waals surface area contributed by atoms with Crippen LogP contribution in [0.25, 0.3) is 0 Å². The Labute approximate surface area is 98.5 Å². The maximum atomic E-state index is 6.05. The molecule has 0 radical (unpaired) electrons. The number of hydrogen-bond acceptors (Lipinski definition) is 1. The number of halogens is 2. The summed E-state index contributed by atoms with van der Waals surface area (Å²) >= 11 is 9.42. The van der Waals surface area contributed by atoms with E-state index in [1.54, 1.807) is 7.11 Å². The smallest absolute Gasteiger partial charge is 0.123 e. The van der Waals surface area contributed by atoms with Gasteiger partial charge in [0.15, 0.2) is 0 Å². The molecule has 0 atom stereocenters. The summed E-state index contributed by atoms with van der Waals surface area (Å²) in [4.78, 5) is 0. The topological polar surface area (TPSA) is 9.23 Å². The van der Waals surface area contributed by atoms with Crippen LogP contribution >= 0.6 is 27.5 Å². The Morgan fingerprint density at radius 1 is 1.29 bits per heavy atom. The first-order chi connectivity index (χ1) is 6.36. The lowest BCUT2D eigenvalue weighted by Gasteiger charge is -2.22. The largest absolute Gasteiger partial charge is 0.496 e. The molecule has 0 heterocycles. The average molecular weight is 278 g/mol. The Kier molecular flexibility index (Phi) is 3.49. The molecule has 0 spiro atoms. The zero-order valence-electron chi connectivity index (χ0n) is 8.82. The van der Waals surface area contributed by atoms with Crippen LogP contribution in [0.15, 0.2) is 16.6 Å². The van der Waals surface area contributed by atoms with Gasteiger partial charge in [-0.3, -0.25) is 0 Å². The Hall–Kier alpha value is -0.210. The zero-order valence-corrected chi connectivity index (χ0v) is 11.2. The molecule has 1 nitrogen and oxygen atoms in total. The highest BCUT2D eigenvalue weighted by molar-refractivity contribution is 9.10. The average Bonchev–Trinajstić information content (AvgIpc) is 2.07. The van der Waals surface area contributed by atoms with Crippen molar-refractivity contribution in [2.45, 2.75) is 26.2 Å². The summed E-state index contributed by atoms with van der Waals surface area (Å²) in [5.41, 5.74) is 1.16. The molecule has 0 saturated carbocycles. The molecule has 0 amide bonds. The van der Waals surface area contributed by atoms with Crippen LogP contribution in [0.2, 0.25) is 5.02 Å². The molecular formula is C11H14BrClO. The van der Waals surface area contributed by atoms with E-state index in [9.17, 15) is 0 Å². The molecule has 0 aliphatic heterocycles. The summed E-state index contributed by atoms with van der Waals surface area (Å²) in [6, 6.07) is 3.85. The fourth-order valence-electron chi connectivity index (χ4n) is 1.28. The maximum absolute atomic E-state index is 6.05. The number of rotatable bonds is 1. The number of hydrogen-bond donors (Lipinski definition) is 0. The highest BCUT2D eigenvalue weighted by Gasteiger charge is 2.20. The zero-order chi connectivity index (χ0) is 10.9. The van der Waals surface area contributed by atoms with Crippen LogP contribution in [-0.4, -0.2) is 7.11 Å². The van der Waals surface area contributed by atoms with E-state index in [1.807, 2.05) is 12.1 Å². The fourth-order valence-corrected chi connectivity index (χ4v) is 1.77. The second kappa shape index (κ2) is 4.11. The molecule has 78 valence electrons. The summed E-state index contributed by atoms with van der Waals surface area (Å²) in [6.07, 6.45) is 0. The summed E-state index contributed by atoms with van der Waals surface area (Å²) in [5.74, 6) is 0.869. The first-order valence-corrected chi connectivity index (χ1v) is 5.57. The van der Waals surface area contributed by atoms with E-state index in [0.29, 0.717) is 0 Å². The Morgan fingerprint density at radius 3 is 2.29 bits per heavy atom. The molecule has 0 unspecified atom stereocenters. The number of methoxy groups -OCH3 is 1. The van der Waals surface area contributed by atoms with Gasteiger partial charge in [-0.25, -0.2) is 0 Å². The summed E-state index contributed by atoms with van der Waals surface area (Å²) < 4.78 is 6.18. The van der Waals surface area contributed by atoms with Crippen molar-refractivity contribution >= 4 is 27.5 Å². The van der Waals surface area contributed by atoms with Crippen LogP contribution in [0.3, 0.4) is 0 Å². The molecule has 0 saturated heterocycles. The molecule has 0 fully saturated rings. The Balaban J connectivity index is 3.35. The van der Waals surface area contributed by atoms with E-state index in [2.05, 4.69) is 36.7 Å². The second-order valence-corrected chi connectivity index (χ2v) is 5.48. The molecule has 1 aromatic rings. The lowest BCUT2D eigenvalue weighted by Crippen LogP contribution is -2.12. The van der Waals surface area contributed by atoms with Gasteiger partial charge in [0.2, 0.25) is 0 Å². The van der Waals surface area contributed by atoms with Gasteiger partial charge < -0.3 is 4.74 Å². The summed E-state index contributed by atoms with van der Waals surface area (Å²) in [6.45, 7) is 6.40. The molecule has 0 aromatic heterocycles. The lowest BCUT2D eigenvalue weighted by atomic mass is 9.86. The van der Waals surface area contributed by atoms with Gasteiger partial charge >= 0.3 is 0 Å². The van der Waals surface area contributed by atoms with Crippen LogP contribution in [0, 0.1) is 0 Å². The molecule has 14 heavy (non-hydrogen) atoms. The summed E-state index contributed by atoms with van der Waals surface area (Å²) in [5, 5.41) is 0.718. The van der Waals surface area contributed by atoms with E-state index >= 15 is 0 Å². The van der Waals surface area contributed by atoms with Gasteiger partial charge in [-0.1, -0.05) is 32.4 Å². The number of ether oxygens (including phenoxy) is 1. The van der Waals surface area contributed by atoms with Crippen LogP contribution in [0.1, 0.15) is 26.3 Å². The molecule has 1 rings (SSSR count). The molecule has 3 heteroatoms. The third kappa shape index (κ3) is 2.43. The van der Waals surface area contributed by atoms with Crippen molar-refractivity contribution in [3.63, 3.8) is 0 Å². The predicted molar refractivity (Wildman–Crippen MR) is 64.4 cm³/mol. The maximum Gasteiger partial charge on any atom is 0.123 e. The van der Waals surface area contributed by atoms with E-state index in [0.717, 1.165) is 20.8 Å². The van der Waals surface area contributed by atoms with Gasteiger partial charge in [0, 0.05) is 10.0 Å². The SMILES string of the molecule is COc1cc(Br)c(Cl)cc1C(C)(C)C. The summed E-state index contributed by atoms with van der Waals surface area (Å²) in [7, 11) is 1.67. The van der Waals surface area contributed by atoms with Crippen molar-refractivity contribution < 1.29 is 4.74 Å². The molecule has 0 aliphatic carbocycles. The quantitative estimate of drug-likeness (QED) is 0.739. The third-order valence-electron chi connectivity index (χ3n) is 2.05. The van der Waals surface area contributed by atoms with Crippen LogP contribution in [-0.2, 0) is 5.41 Å². The normalized spacial score (nSPS) is 11.6. The lowest BCUT2D eigenvalue weighted by molar-refractivity contribution is 0.397. The molecule has 1 aromatic carbocycles. The van der Waals surface area contributed by atoms with Crippen LogP contribution < -0.4 is 4.74 Å². The highest BCUT2D eigenvalue weighted by Crippen LogP contribution is 2.37. The second-order valence-electron chi connectivity index (χ2n) is 4.22. The van der Waals surface area contributed by atoms with Crippen molar-refractivity contribution in [2.24, 2.45) is 0 Å². The van der Waals surface area contributed by atoms with Crippen molar-refractivity contribution in [1.29, 1.82) is 0 Å². The van der Waals surface area contributed by atoms with Gasteiger partial charge in [-0.2, -0.15) is 0 Å². The van der Waals surface area contributed by atoms with E-state index in [-0.39, 0.29) is 5.41 Å². The first kappa shape index (κ1) is 11.9. The standard InChI is InChI=1S/C11H14BrClO/c1-11(2,3)7-5-9(13)8(12)6-10(7)14-4/h5-6H,1-4H3. The van der Waals surface area contributed by atoms with Crippen molar-refractivity contribution in [3.05, 3.63) is 27.2 Å². The van der Waals surface area contributed by atoms with Gasteiger partial charge in [-0.15, -0.1) is 0 Å². The Morgan fingerprint density at radius 2 is 1.86 bits per heavy atom. The van der Waals surface area contributed by atoms with Crippen LogP contribution in [0.4, 0.5) is 0 Å². The minimum Gasteiger partial charge on any atom is -0.496 e. The minimum absolute atomic E-state index is 0.0374. The van der Waals surface area contributed by atoms with Crippen molar-refractivity contribution in [3.8, 4) is 5.75 Å². The minimum atomic E-state index is 0.0374. The van der Waals surface area contributed by atoms with E-state index in [4.69, 9.17) is 16.3 Å². The van der Waals surface area contributed by atoms with Gasteiger partial charge in [0.25, 0.3) is 0 Å². The highest BCUT2D eigenvalue weighted by atomic mass is 79.9. The van der Waals surface area contributed by atoms with Crippen molar-refractivity contribution in [2.75, 3.05) is 7.11 Å². The molecular weight excluding hydrogens is 263 g/mol. The Bertz CT molecular complexity index is 342. The third-order valence-corrected chi connectivity index (χ3v) is 3.25. The first-order valence-electron chi connectivity index (χ1n) is 4.40. The molecule has 0 bridgehead atoms. The number of benzene rings is 1. The molecule has 0 aliphatic rings. The molecule has 0 N–H and O–H groups in total. The fraction of sp³-hybridized carbons (Fsp3) is 0.455. The van der Waals surface area contributed by atoms with Gasteiger partial charge in [-0.05, 0) is 33.5 Å². The van der Waals surface area contributed by atoms with E-state index < -0.39 is 0 Å². The van der Waals surface area contributed by atoms with E-state index in [1.165, 1.54) is 0 Å². The predicted octanol–water partition coefficient (Wildman–Crippen LogP) is 4.41. The van der Waals surface area contributed by atoms with Crippen LogP contribution in [0.5, 0.6) is 5.75 Å². The van der Waals surface area contributed by atoms with Gasteiger partial charge in [0.1, 0.15) is 5.75 Å². The van der Waals surface area contributed by atoms with Gasteiger partial charge in [0.05, 0.1) is 12.1 Å². The van der Waals surface area contributed by atoms with Crippen molar-refractivity contribution in [1.82, 2.24) is 0 Å². The monoisotopic (exact) mass is 276 g/mol.